The van der Waals surface area contributed by atoms with Gasteiger partial charge in [-0.2, -0.15) is 0 Å². The van der Waals surface area contributed by atoms with E-state index in [1.165, 1.54) is 4.90 Å². The first-order chi connectivity index (χ1) is 5.61. The SMILES string of the molecule is Cc1c(SC(C)C)ccnc1Cl. The Morgan fingerprint density at radius 1 is 1.50 bits per heavy atom. The largest absolute Gasteiger partial charge is 0.244 e. The smallest absolute Gasteiger partial charge is 0.133 e. The summed E-state index contributed by atoms with van der Waals surface area (Å²) in [5.41, 5.74) is 1.08. The molecule has 0 aliphatic heterocycles. The number of halogens is 1. The van der Waals surface area contributed by atoms with Gasteiger partial charge in [0.15, 0.2) is 0 Å². The van der Waals surface area contributed by atoms with Crippen LogP contribution in [0.2, 0.25) is 5.15 Å². The molecule has 0 radical (unpaired) electrons. The lowest BCUT2D eigenvalue weighted by atomic mass is 10.3. The fourth-order valence-electron chi connectivity index (χ4n) is 0.875. The Balaban J connectivity index is 2.92. The van der Waals surface area contributed by atoms with Crippen molar-refractivity contribution in [2.75, 3.05) is 0 Å². The number of hydrogen-bond donors (Lipinski definition) is 0. The van der Waals surface area contributed by atoms with Gasteiger partial charge in [0, 0.05) is 16.3 Å². The highest BCUT2D eigenvalue weighted by molar-refractivity contribution is 8.00. The van der Waals surface area contributed by atoms with Gasteiger partial charge in [-0.1, -0.05) is 25.4 Å². The summed E-state index contributed by atoms with van der Waals surface area (Å²) >= 11 is 7.69. The first-order valence-corrected chi connectivity index (χ1v) is 5.14. The minimum atomic E-state index is 0.585. The molecule has 1 rings (SSSR count). The summed E-state index contributed by atoms with van der Waals surface area (Å²) in [4.78, 5) is 5.23. The molecule has 0 saturated carbocycles. The van der Waals surface area contributed by atoms with Crippen LogP contribution in [0.4, 0.5) is 0 Å². The summed E-state index contributed by atoms with van der Waals surface area (Å²) in [5, 5.41) is 1.20. The van der Waals surface area contributed by atoms with Crippen LogP contribution in [-0.4, -0.2) is 10.2 Å². The third-order valence-corrected chi connectivity index (χ3v) is 3.00. The molecule has 12 heavy (non-hydrogen) atoms. The van der Waals surface area contributed by atoms with Gasteiger partial charge in [0.1, 0.15) is 5.15 Å². The molecular weight excluding hydrogens is 190 g/mol. The number of pyridine rings is 1. The number of aromatic nitrogens is 1. The van der Waals surface area contributed by atoms with Gasteiger partial charge in [-0.05, 0) is 18.6 Å². The molecule has 0 N–H and O–H groups in total. The molecular formula is C9H12ClNS. The van der Waals surface area contributed by atoms with Crippen LogP contribution in [0.1, 0.15) is 19.4 Å². The maximum absolute atomic E-state index is 5.87. The minimum Gasteiger partial charge on any atom is -0.244 e. The second kappa shape index (κ2) is 4.15. The summed E-state index contributed by atoms with van der Waals surface area (Å²) in [5.74, 6) is 0. The molecule has 1 heterocycles. The van der Waals surface area contributed by atoms with Crippen LogP contribution in [0.5, 0.6) is 0 Å². The van der Waals surface area contributed by atoms with Crippen LogP contribution in [0.25, 0.3) is 0 Å². The van der Waals surface area contributed by atoms with Crippen molar-refractivity contribution in [1.82, 2.24) is 4.98 Å². The van der Waals surface area contributed by atoms with Crippen molar-refractivity contribution >= 4 is 23.4 Å². The first-order valence-electron chi connectivity index (χ1n) is 3.89. The third kappa shape index (κ3) is 2.39. The van der Waals surface area contributed by atoms with Crippen LogP contribution in [0, 0.1) is 6.92 Å². The maximum Gasteiger partial charge on any atom is 0.133 e. The van der Waals surface area contributed by atoms with Gasteiger partial charge >= 0.3 is 0 Å². The lowest BCUT2D eigenvalue weighted by Gasteiger charge is -2.07. The summed E-state index contributed by atoms with van der Waals surface area (Å²) in [6.45, 7) is 6.33. The molecule has 0 bridgehead atoms. The van der Waals surface area contributed by atoms with Gasteiger partial charge in [-0.15, -0.1) is 11.8 Å². The Morgan fingerprint density at radius 3 is 2.75 bits per heavy atom. The number of hydrogen-bond acceptors (Lipinski definition) is 2. The van der Waals surface area contributed by atoms with E-state index in [2.05, 4.69) is 18.8 Å². The van der Waals surface area contributed by atoms with E-state index in [4.69, 9.17) is 11.6 Å². The Hall–Kier alpha value is -0.210. The zero-order valence-electron chi connectivity index (χ0n) is 7.47. The van der Waals surface area contributed by atoms with Crippen LogP contribution in [0.3, 0.4) is 0 Å². The number of rotatable bonds is 2. The van der Waals surface area contributed by atoms with Crippen molar-refractivity contribution in [2.45, 2.75) is 30.9 Å². The van der Waals surface area contributed by atoms with Crippen LogP contribution in [0.15, 0.2) is 17.2 Å². The molecule has 0 saturated heterocycles. The van der Waals surface area contributed by atoms with E-state index in [1.807, 2.05) is 24.8 Å². The molecule has 0 aromatic carbocycles. The molecule has 1 nitrogen and oxygen atoms in total. The van der Waals surface area contributed by atoms with E-state index in [-0.39, 0.29) is 0 Å². The molecule has 0 spiro atoms. The zero-order chi connectivity index (χ0) is 9.14. The monoisotopic (exact) mass is 201 g/mol. The Bertz CT molecular complexity index is 273. The van der Waals surface area contributed by atoms with Crippen molar-refractivity contribution < 1.29 is 0 Å². The van der Waals surface area contributed by atoms with Gasteiger partial charge in [-0.3, -0.25) is 0 Å². The molecule has 0 atom stereocenters. The summed E-state index contributed by atoms with van der Waals surface area (Å²) < 4.78 is 0. The fraction of sp³-hybridized carbons (Fsp3) is 0.444. The molecule has 1 aromatic heterocycles. The standard InChI is InChI=1S/C9H12ClNS/c1-6(2)12-8-4-5-11-9(10)7(8)3/h4-6H,1-3H3. The maximum atomic E-state index is 5.87. The molecule has 1 aromatic rings. The van der Waals surface area contributed by atoms with E-state index >= 15 is 0 Å². The van der Waals surface area contributed by atoms with Crippen LogP contribution >= 0.6 is 23.4 Å². The topological polar surface area (TPSA) is 12.9 Å². The van der Waals surface area contributed by atoms with Gasteiger partial charge in [0.25, 0.3) is 0 Å². The highest BCUT2D eigenvalue weighted by atomic mass is 35.5. The Labute approximate surface area is 82.5 Å². The molecule has 0 unspecified atom stereocenters. The van der Waals surface area contributed by atoms with Crippen molar-refractivity contribution in [1.29, 1.82) is 0 Å². The van der Waals surface area contributed by atoms with Crippen molar-refractivity contribution in [3.8, 4) is 0 Å². The van der Waals surface area contributed by atoms with Crippen LogP contribution < -0.4 is 0 Å². The molecule has 0 aliphatic carbocycles. The summed E-state index contributed by atoms with van der Waals surface area (Å²) in [7, 11) is 0. The van der Waals surface area contributed by atoms with E-state index in [1.54, 1.807) is 6.20 Å². The molecule has 0 fully saturated rings. The van der Waals surface area contributed by atoms with Crippen LogP contribution in [-0.2, 0) is 0 Å². The van der Waals surface area contributed by atoms with E-state index in [0.717, 1.165) is 5.56 Å². The first kappa shape index (κ1) is 9.87. The van der Waals surface area contributed by atoms with E-state index in [9.17, 15) is 0 Å². The molecule has 3 heteroatoms. The third-order valence-electron chi connectivity index (χ3n) is 1.46. The second-order valence-corrected chi connectivity index (χ2v) is 4.87. The lowest BCUT2D eigenvalue weighted by molar-refractivity contribution is 1.10. The van der Waals surface area contributed by atoms with Gasteiger partial charge in [-0.25, -0.2) is 4.98 Å². The van der Waals surface area contributed by atoms with Gasteiger partial charge < -0.3 is 0 Å². The molecule has 66 valence electrons. The number of thioether (sulfide) groups is 1. The summed E-state index contributed by atoms with van der Waals surface area (Å²) in [6.07, 6.45) is 1.75. The highest BCUT2D eigenvalue weighted by Gasteiger charge is 2.04. The predicted molar refractivity (Wildman–Crippen MR) is 55.0 cm³/mol. The average Bonchev–Trinajstić information content (AvgIpc) is 1.98. The minimum absolute atomic E-state index is 0.585. The van der Waals surface area contributed by atoms with E-state index in [0.29, 0.717) is 10.4 Å². The predicted octanol–water partition coefficient (Wildman–Crippen LogP) is 3.54. The molecule has 0 aliphatic rings. The van der Waals surface area contributed by atoms with E-state index < -0.39 is 0 Å². The van der Waals surface area contributed by atoms with Crippen molar-refractivity contribution in [3.05, 3.63) is 23.0 Å². The van der Waals surface area contributed by atoms with Crippen molar-refractivity contribution in [2.24, 2.45) is 0 Å². The Morgan fingerprint density at radius 2 is 2.17 bits per heavy atom. The van der Waals surface area contributed by atoms with Gasteiger partial charge in [0.05, 0.1) is 0 Å². The lowest BCUT2D eigenvalue weighted by Crippen LogP contribution is -1.90. The van der Waals surface area contributed by atoms with Crippen molar-refractivity contribution in [3.63, 3.8) is 0 Å². The highest BCUT2D eigenvalue weighted by Crippen LogP contribution is 2.28. The fourth-order valence-corrected chi connectivity index (χ4v) is 2.01. The van der Waals surface area contributed by atoms with Gasteiger partial charge in [0.2, 0.25) is 0 Å². The number of nitrogens with zero attached hydrogens (tertiary/aromatic N) is 1. The second-order valence-electron chi connectivity index (χ2n) is 2.89. The summed E-state index contributed by atoms with van der Waals surface area (Å²) in [6, 6.07) is 2.01. The Kier molecular flexibility index (Phi) is 3.41. The quantitative estimate of drug-likeness (QED) is 0.536. The average molecular weight is 202 g/mol. The molecule has 0 amide bonds. The normalized spacial score (nSPS) is 10.8. The zero-order valence-corrected chi connectivity index (χ0v) is 9.04.